The molecule has 3 nitrogen and oxygen atoms in total. The van der Waals surface area contributed by atoms with E-state index in [9.17, 15) is 0 Å². The molecule has 1 heterocycles. The van der Waals surface area contributed by atoms with E-state index in [1.165, 1.54) is 6.39 Å². The number of benzene rings is 1. The summed E-state index contributed by atoms with van der Waals surface area (Å²) in [4.78, 5) is 4.01. The van der Waals surface area contributed by atoms with Crippen LogP contribution < -0.4 is 5.32 Å². The second-order valence-corrected chi connectivity index (χ2v) is 2.69. The standard InChI is InChI=1S/C8H8N2OS/c12-5-10-6-1-2-7-8(3-6)11-4-9-7/h1-4,10,12H,5H2. The zero-order valence-electron chi connectivity index (χ0n) is 6.32. The van der Waals surface area contributed by atoms with Crippen molar-refractivity contribution in [1.29, 1.82) is 0 Å². The molecule has 0 atom stereocenters. The number of anilines is 1. The third-order valence-electron chi connectivity index (χ3n) is 1.61. The Hall–Kier alpha value is -1.16. The fourth-order valence-electron chi connectivity index (χ4n) is 1.06. The molecule has 0 aliphatic rings. The van der Waals surface area contributed by atoms with E-state index in [0.717, 1.165) is 16.8 Å². The van der Waals surface area contributed by atoms with E-state index < -0.39 is 0 Å². The molecule has 0 bridgehead atoms. The van der Waals surface area contributed by atoms with E-state index in [2.05, 4.69) is 22.9 Å². The van der Waals surface area contributed by atoms with Gasteiger partial charge in [0.25, 0.3) is 0 Å². The van der Waals surface area contributed by atoms with Gasteiger partial charge in [0, 0.05) is 11.8 Å². The monoisotopic (exact) mass is 180 g/mol. The lowest BCUT2D eigenvalue weighted by Gasteiger charge is -1.99. The van der Waals surface area contributed by atoms with Crippen molar-refractivity contribution < 1.29 is 4.42 Å². The number of hydrogen-bond acceptors (Lipinski definition) is 4. The maximum absolute atomic E-state index is 5.13. The fraction of sp³-hybridized carbons (Fsp3) is 0.125. The van der Waals surface area contributed by atoms with E-state index in [4.69, 9.17) is 4.42 Å². The van der Waals surface area contributed by atoms with Crippen LogP contribution in [0.3, 0.4) is 0 Å². The van der Waals surface area contributed by atoms with Gasteiger partial charge in [-0.2, -0.15) is 12.6 Å². The Kier molecular flexibility index (Phi) is 1.91. The predicted molar refractivity (Wildman–Crippen MR) is 51.5 cm³/mol. The average Bonchev–Trinajstić information content (AvgIpc) is 2.51. The summed E-state index contributed by atoms with van der Waals surface area (Å²) in [5.41, 5.74) is 2.66. The first-order chi connectivity index (χ1) is 5.90. The van der Waals surface area contributed by atoms with Gasteiger partial charge in [-0.15, -0.1) is 0 Å². The first-order valence-electron chi connectivity index (χ1n) is 3.58. The minimum atomic E-state index is 0.611. The number of aromatic nitrogens is 1. The number of thiol groups is 1. The third-order valence-corrected chi connectivity index (χ3v) is 1.77. The Morgan fingerprint density at radius 3 is 3.25 bits per heavy atom. The van der Waals surface area contributed by atoms with Gasteiger partial charge in [-0.05, 0) is 12.1 Å². The van der Waals surface area contributed by atoms with E-state index in [-0.39, 0.29) is 0 Å². The molecule has 0 aliphatic carbocycles. The van der Waals surface area contributed by atoms with Crippen molar-refractivity contribution in [3.05, 3.63) is 24.6 Å². The summed E-state index contributed by atoms with van der Waals surface area (Å²) in [5, 5.41) is 3.07. The Morgan fingerprint density at radius 1 is 1.50 bits per heavy atom. The van der Waals surface area contributed by atoms with Gasteiger partial charge < -0.3 is 9.73 Å². The van der Waals surface area contributed by atoms with Gasteiger partial charge in [0.1, 0.15) is 5.52 Å². The maximum Gasteiger partial charge on any atom is 0.181 e. The molecule has 1 aromatic heterocycles. The molecular weight excluding hydrogens is 172 g/mol. The summed E-state index contributed by atoms with van der Waals surface area (Å²) in [6.45, 7) is 0. The summed E-state index contributed by atoms with van der Waals surface area (Å²) in [6.07, 6.45) is 1.44. The fourth-order valence-corrected chi connectivity index (χ4v) is 1.24. The molecule has 2 rings (SSSR count). The van der Waals surface area contributed by atoms with Crippen molar-refractivity contribution >= 4 is 29.4 Å². The van der Waals surface area contributed by atoms with Crippen molar-refractivity contribution in [3.63, 3.8) is 0 Å². The van der Waals surface area contributed by atoms with Gasteiger partial charge >= 0.3 is 0 Å². The highest BCUT2D eigenvalue weighted by molar-refractivity contribution is 7.80. The van der Waals surface area contributed by atoms with Gasteiger partial charge in [0.05, 0.1) is 5.88 Å². The highest BCUT2D eigenvalue weighted by Gasteiger charge is 1.98. The lowest BCUT2D eigenvalue weighted by Crippen LogP contribution is -1.92. The highest BCUT2D eigenvalue weighted by atomic mass is 32.1. The second kappa shape index (κ2) is 3.06. The Morgan fingerprint density at radius 2 is 2.42 bits per heavy atom. The Balaban J connectivity index is 2.46. The van der Waals surface area contributed by atoms with Crippen molar-refractivity contribution in [3.8, 4) is 0 Å². The molecule has 0 spiro atoms. The van der Waals surface area contributed by atoms with Gasteiger partial charge in [-0.25, -0.2) is 4.98 Å². The summed E-state index contributed by atoms with van der Waals surface area (Å²) >= 11 is 4.05. The molecule has 0 aliphatic heterocycles. The van der Waals surface area contributed by atoms with Crippen LogP contribution in [0.4, 0.5) is 5.69 Å². The zero-order valence-corrected chi connectivity index (χ0v) is 7.21. The Labute approximate surface area is 75.2 Å². The molecule has 12 heavy (non-hydrogen) atoms. The van der Waals surface area contributed by atoms with Crippen LogP contribution in [0.15, 0.2) is 29.0 Å². The topological polar surface area (TPSA) is 38.1 Å². The molecule has 1 aromatic carbocycles. The largest absolute Gasteiger partial charge is 0.443 e. The molecule has 0 fully saturated rings. The number of rotatable bonds is 2. The summed E-state index contributed by atoms with van der Waals surface area (Å²) in [6, 6.07) is 5.75. The first kappa shape index (κ1) is 7.49. The van der Waals surface area contributed by atoms with Crippen LogP contribution in [0.2, 0.25) is 0 Å². The summed E-state index contributed by atoms with van der Waals surface area (Å²) < 4.78 is 5.13. The molecule has 0 radical (unpaired) electrons. The second-order valence-electron chi connectivity index (χ2n) is 2.37. The van der Waals surface area contributed by atoms with Gasteiger partial charge in [-0.3, -0.25) is 0 Å². The smallest absolute Gasteiger partial charge is 0.181 e. The molecule has 2 aromatic rings. The molecular formula is C8H8N2OS. The SMILES string of the molecule is SCNc1ccc2ncoc2c1. The lowest BCUT2D eigenvalue weighted by atomic mass is 10.3. The molecule has 0 saturated carbocycles. The molecule has 0 amide bonds. The van der Waals surface area contributed by atoms with Gasteiger partial charge in [0.2, 0.25) is 0 Å². The van der Waals surface area contributed by atoms with E-state index >= 15 is 0 Å². The first-order valence-corrected chi connectivity index (χ1v) is 4.21. The number of hydrogen-bond donors (Lipinski definition) is 2. The van der Waals surface area contributed by atoms with Gasteiger partial charge in [0.15, 0.2) is 12.0 Å². The van der Waals surface area contributed by atoms with E-state index in [1.54, 1.807) is 0 Å². The quantitative estimate of drug-likeness (QED) is 0.549. The summed E-state index contributed by atoms with van der Waals surface area (Å²) in [7, 11) is 0. The third kappa shape index (κ3) is 1.25. The highest BCUT2D eigenvalue weighted by Crippen LogP contribution is 2.17. The molecule has 0 saturated heterocycles. The van der Waals surface area contributed by atoms with Crippen LogP contribution in [-0.2, 0) is 0 Å². The van der Waals surface area contributed by atoms with Crippen molar-refractivity contribution in [2.45, 2.75) is 0 Å². The summed E-state index contributed by atoms with van der Waals surface area (Å²) in [5.74, 6) is 0.611. The van der Waals surface area contributed by atoms with Crippen LogP contribution >= 0.6 is 12.6 Å². The minimum Gasteiger partial charge on any atom is -0.443 e. The van der Waals surface area contributed by atoms with Crippen LogP contribution in [0.5, 0.6) is 0 Å². The molecule has 4 heteroatoms. The number of oxazole rings is 1. The zero-order chi connectivity index (χ0) is 8.39. The van der Waals surface area contributed by atoms with E-state index in [1.807, 2.05) is 18.2 Å². The van der Waals surface area contributed by atoms with Crippen molar-refractivity contribution in [1.82, 2.24) is 4.98 Å². The van der Waals surface area contributed by atoms with Crippen molar-refractivity contribution in [2.75, 3.05) is 11.2 Å². The lowest BCUT2D eigenvalue weighted by molar-refractivity contribution is 0.602. The minimum absolute atomic E-state index is 0.611. The number of nitrogens with one attached hydrogen (secondary N) is 1. The molecule has 62 valence electrons. The molecule has 1 N–H and O–H groups in total. The van der Waals surface area contributed by atoms with Crippen LogP contribution in [-0.4, -0.2) is 10.9 Å². The van der Waals surface area contributed by atoms with E-state index in [0.29, 0.717) is 5.88 Å². The number of nitrogens with zero attached hydrogens (tertiary/aromatic N) is 1. The average molecular weight is 180 g/mol. The number of fused-ring (bicyclic) bond motifs is 1. The maximum atomic E-state index is 5.13. The van der Waals surface area contributed by atoms with Crippen LogP contribution in [0.25, 0.3) is 11.1 Å². The van der Waals surface area contributed by atoms with Crippen LogP contribution in [0, 0.1) is 0 Å². The predicted octanol–water partition coefficient (Wildman–Crippen LogP) is 2.13. The van der Waals surface area contributed by atoms with Crippen molar-refractivity contribution in [2.24, 2.45) is 0 Å². The Bertz CT molecular complexity index is 385. The van der Waals surface area contributed by atoms with Gasteiger partial charge in [-0.1, -0.05) is 0 Å². The normalized spacial score (nSPS) is 10.4. The van der Waals surface area contributed by atoms with Crippen LogP contribution in [0.1, 0.15) is 0 Å². The molecule has 0 unspecified atom stereocenters.